The lowest BCUT2D eigenvalue weighted by atomic mass is 9.96. The number of hydrogen-bond donors (Lipinski definition) is 0. The number of hydrogen-bond acceptors (Lipinski definition) is 2. The van der Waals surface area contributed by atoms with Gasteiger partial charge in [-0.05, 0) is 26.1 Å². The Labute approximate surface area is 73.2 Å². The predicted octanol–water partition coefficient (Wildman–Crippen LogP) is 1.42. The average molecular weight is 162 g/mol. The van der Waals surface area contributed by atoms with Crippen molar-refractivity contribution in [2.75, 3.05) is 20.1 Å². The molecule has 0 spiro atoms. The number of aryl methyl sites for hydroxylation is 1. The fourth-order valence-corrected chi connectivity index (χ4v) is 1.68. The van der Waals surface area contributed by atoms with Crippen LogP contribution in [0.25, 0.3) is 0 Å². The molecule has 0 unspecified atom stereocenters. The molecule has 1 saturated heterocycles. The number of nitrogens with zero attached hydrogens (tertiary/aromatic N) is 2. The highest BCUT2D eigenvalue weighted by atomic mass is 15.2. The lowest BCUT2D eigenvalue weighted by Crippen LogP contribution is -2.42. The fraction of sp³-hybridized carbons (Fsp3) is 0.500. The van der Waals surface area contributed by atoms with Crippen LogP contribution in [0.2, 0.25) is 0 Å². The van der Waals surface area contributed by atoms with E-state index >= 15 is 0 Å². The van der Waals surface area contributed by atoms with Crippen molar-refractivity contribution in [1.29, 1.82) is 0 Å². The molecular formula is C10H14N2. The van der Waals surface area contributed by atoms with Crippen molar-refractivity contribution < 1.29 is 0 Å². The molecule has 2 heterocycles. The van der Waals surface area contributed by atoms with Gasteiger partial charge in [-0.2, -0.15) is 0 Å². The van der Waals surface area contributed by atoms with Crippen molar-refractivity contribution in [3.8, 4) is 0 Å². The van der Waals surface area contributed by atoms with Gasteiger partial charge in [-0.3, -0.25) is 4.98 Å². The molecule has 0 atom stereocenters. The number of aromatic nitrogens is 1. The van der Waals surface area contributed by atoms with Crippen LogP contribution in [0, 0.1) is 6.92 Å². The SMILES string of the molecule is Cc1cccc(C2CN(C)C2)n1. The van der Waals surface area contributed by atoms with Crippen molar-refractivity contribution in [3.05, 3.63) is 29.6 Å². The van der Waals surface area contributed by atoms with Gasteiger partial charge in [-0.15, -0.1) is 0 Å². The Kier molecular flexibility index (Phi) is 1.85. The van der Waals surface area contributed by atoms with Crippen LogP contribution in [0.3, 0.4) is 0 Å². The molecule has 0 radical (unpaired) electrons. The quantitative estimate of drug-likeness (QED) is 0.621. The summed E-state index contributed by atoms with van der Waals surface area (Å²) in [7, 11) is 2.15. The van der Waals surface area contributed by atoms with E-state index in [1.807, 2.05) is 13.0 Å². The van der Waals surface area contributed by atoms with E-state index in [2.05, 4.69) is 29.1 Å². The van der Waals surface area contributed by atoms with E-state index in [0.717, 1.165) is 18.8 Å². The Morgan fingerprint density at radius 2 is 2.17 bits per heavy atom. The van der Waals surface area contributed by atoms with E-state index in [9.17, 15) is 0 Å². The van der Waals surface area contributed by atoms with Gasteiger partial charge in [-0.1, -0.05) is 6.07 Å². The molecule has 2 nitrogen and oxygen atoms in total. The van der Waals surface area contributed by atoms with E-state index in [-0.39, 0.29) is 0 Å². The molecule has 0 N–H and O–H groups in total. The second-order valence-corrected chi connectivity index (χ2v) is 3.62. The predicted molar refractivity (Wildman–Crippen MR) is 49.2 cm³/mol. The first-order valence-corrected chi connectivity index (χ1v) is 4.38. The Morgan fingerprint density at radius 3 is 2.75 bits per heavy atom. The third-order valence-electron chi connectivity index (χ3n) is 2.39. The second-order valence-electron chi connectivity index (χ2n) is 3.62. The van der Waals surface area contributed by atoms with Gasteiger partial charge in [0, 0.05) is 30.4 Å². The van der Waals surface area contributed by atoms with Crippen LogP contribution < -0.4 is 0 Å². The number of pyridine rings is 1. The molecular weight excluding hydrogens is 148 g/mol. The van der Waals surface area contributed by atoms with Gasteiger partial charge in [-0.25, -0.2) is 0 Å². The smallest absolute Gasteiger partial charge is 0.0463 e. The van der Waals surface area contributed by atoms with Gasteiger partial charge >= 0.3 is 0 Å². The summed E-state index contributed by atoms with van der Waals surface area (Å²) in [6.45, 7) is 4.37. The summed E-state index contributed by atoms with van der Waals surface area (Å²) in [6.07, 6.45) is 0. The highest BCUT2D eigenvalue weighted by Crippen LogP contribution is 2.23. The van der Waals surface area contributed by atoms with E-state index in [1.54, 1.807) is 0 Å². The summed E-state index contributed by atoms with van der Waals surface area (Å²) in [6, 6.07) is 6.27. The monoisotopic (exact) mass is 162 g/mol. The minimum atomic E-state index is 0.676. The van der Waals surface area contributed by atoms with Gasteiger partial charge in [0.25, 0.3) is 0 Å². The van der Waals surface area contributed by atoms with Crippen LogP contribution in [-0.4, -0.2) is 30.0 Å². The van der Waals surface area contributed by atoms with E-state index in [4.69, 9.17) is 0 Å². The molecule has 1 aliphatic rings. The van der Waals surface area contributed by atoms with Crippen molar-refractivity contribution in [2.24, 2.45) is 0 Å². The topological polar surface area (TPSA) is 16.1 Å². The van der Waals surface area contributed by atoms with Crippen molar-refractivity contribution in [1.82, 2.24) is 9.88 Å². The Balaban J connectivity index is 2.13. The van der Waals surface area contributed by atoms with Gasteiger partial charge < -0.3 is 4.90 Å². The summed E-state index contributed by atoms with van der Waals surface area (Å²) in [4.78, 5) is 6.82. The zero-order valence-corrected chi connectivity index (χ0v) is 7.62. The molecule has 64 valence electrons. The maximum Gasteiger partial charge on any atom is 0.0463 e. The van der Waals surface area contributed by atoms with Gasteiger partial charge in [0.05, 0.1) is 0 Å². The van der Waals surface area contributed by atoms with E-state index in [1.165, 1.54) is 5.69 Å². The molecule has 1 aromatic heterocycles. The first-order valence-electron chi connectivity index (χ1n) is 4.38. The molecule has 0 bridgehead atoms. The molecule has 0 amide bonds. The van der Waals surface area contributed by atoms with Crippen molar-refractivity contribution >= 4 is 0 Å². The first kappa shape index (κ1) is 7.74. The van der Waals surface area contributed by atoms with Crippen LogP contribution in [0.5, 0.6) is 0 Å². The minimum absolute atomic E-state index is 0.676. The molecule has 12 heavy (non-hydrogen) atoms. The van der Waals surface area contributed by atoms with Crippen LogP contribution >= 0.6 is 0 Å². The summed E-state index contributed by atoms with van der Waals surface area (Å²) in [5, 5.41) is 0. The molecule has 0 aromatic carbocycles. The lowest BCUT2D eigenvalue weighted by Gasteiger charge is -2.35. The largest absolute Gasteiger partial charge is 0.305 e. The molecule has 2 rings (SSSR count). The van der Waals surface area contributed by atoms with Crippen LogP contribution in [0.4, 0.5) is 0 Å². The summed E-state index contributed by atoms with van der Waals surface area (Å²) in [5.41, 5.74) is 2.38. The standard InChI is InChI=1S/C10H14N2/c1-8-4-3-5-10(11-8)9-6-12(2)7-9/h3-5,9H,6-7H2,1-2H3. The maximum absolute atomic E-state index is 4.50. The van der Waals surface area contributed by atoms with E-state index in [0.29, 0.717) is 5.92 Å². The van der Waals surface area contributed by atoms with Crippen molar-refractivity contribution in [3.63, 3.8) is 0 Å². The highest BCUT2D eigenvalue weighted by molar-refractivity contribution is 5.17. The van der Waals surface area contributed by atoms with Gasteiger partial charge in [0.2, 0.25) is 0 Å². The molecule has 0 saturated carbocycles. The third-order valence-corrected chi connectivity index (χ3v) is 2.39. The van der Waals surface area contributed by atoms with Crippen LogP contribution in [0.15, 0.2) is 18.2 Å². The van der Waals surface area contributed by atoms with Gasteiger partial charge in [0.1, 0.15) is 0 Å². The first-order chi connectivity index (χ1) is 5.75. The molecule has 2 heteroatoms. The molecule has 1 aliphatic heterocycles. The number of likely N-dealkylation sites (N-methyl/N-ethyl adjacent to an activating group) is 1. The Morgan fingerprint density at radius 1 is 1.42 bits per heavy atom. The average Bonchev–Trinajstić information content (AvgIpc) is 1.99. The minimum Gasteiger partial charge on any atom is -0.305 e. The van der Waals surface area contributed by atoms with E-state index < -0.39 is 0 Å². The highest BCUT2D eigenvalue weighted by Gasteiger charge is 2.25. The molecule has 0 aliphatic carbocycles. The summed E-state index contributed by atoms with van der Waals surface area (Å²) >= 11 is 0. The molecule has 1 aromatic rings. The summed E-state index contributed by atoms with van der Waals surface area (Å²) < 4.78 is 0. The van der Waals surface area contributed by atoms with Gasteiger partial charge in [0.15, 0.2) is 0 Å². The second kappa shape index (κ2) is 2.87. The Bertz CT molecular complexity index is 277. The number of rotatable bonds is 1. The summed E-state index contributed by atoms with van der Waals surface area (Å²) in [5.74, 6) is 0.676. The fourth-order valence-electron chi connectivity index (χ4n) is 1.68. The van der Waals surface area contributed by atoms with Crippen LogP contribution in [0.1, 0.15) is 17.3 Å². The maximum atomic E-state index is 4.50. The third kappa shape index (κ3) is 1.34. The zero-order chi connectivity index (χ0) is 8.55. The normalized spacial score (nSPS) is 19.2. The Hall–Kier alpha value is -0.890. The van der Waals surface area contributed by atoms with Crippen molar-refractivity contribution in [2.45, 2.75) is 12.8 Å². The van der Waals surface area contributed by atoms with Crippen LogP contribution in [-0.2, 0) is 0 Å². The zero-order valence-electron chi connectivity index (χ0n) is 7.62. The number of likely N-dealkylation sites (tertiary alicyclic amines) is 1. The molecule has 1 fully saturated rings. The lowest BCUT2D eigenvalue weighted by molar-refractivity contribution is 0.186.